The second-order valence-corrected chi connectivity index (χ2v) is 5.60. The SMILES string of the molecule is CCCOC1CCCN(c2cc(NN)nc(SC)n2)C1. The Labute approximate surface area is 124 Å². The van der Waals surface area contributed by atoms with Crippen molar-refractivity contribution in [2.75, 3.05) is 36.3 Å². The molecule has 2 rings (SSSR count). The molecule has 1 unspecified atom stereocenters. The van der Waals surface area contributed by atoms with Crippen LogP contribution in [0.4, 0.5) is 11.6 Å². The van der Waals surface area contributed by atoms with Gasteiger partial charge in [-0.1, -0.05) is 18.7 Å². The summed E-state index contributed by atoms with van der Waals surface area (Å²) in [6.07, 6.45) is 5.56. The van der Waals surface area contributed by atoms with Gasteiger partial charge in [-0.05, 0) is 25.5 Å². The van der Waals surface area contributed by atoms with Crippen LogP contribution in [0.3, 0.4) is 0 Å². The van der Waals surface area contributed by atoms with Crippen LogP contribution in [-0.4, -0.2) is 42.0 Å². The standard InChI is InChI=1S/C13H23N5OS/c1-3-7-19-10-5-4-6-18(9-10)12-8-11(17-14)15-13(16-12)20-2/h8,10H,3-7,9,14H2,1-2H3,(H,15,16,17). The van der Waals surface area contributed by atoms with Crippen LogP contribution in [-0.2, 0) is 4.74 Å². The second kappa shape index (κ2) is 7.66. The number of anilines is 2. The smallest absolute Gasteiger partial charge is 0.191 e. The molecule has 3 N–H and O–H groups in total. The molecule has 112 valence electrons. The van der Waals surface area contributed by atoms with Crippen molar-refractivity contribution >= 4 is 23.4 Å². The van der Waals surface area contributed by atoms with Gasteiger partial charge < -0.3 is 15.1 Å². The van der Waals surface area contributed by atoms with Crippen molar-refractivity contribution in [3.05, 3.63) is 6.07 Å². The highest BCUT2D eigenvalue weighted by Crippen LogP contribution is 2.24. The molecule has 0 radical (unpaired) electrons. The van der Waals surface area contributed by atoms with E-state index in [1.807, 2.05) is 12.3 Å². The van der Waals surface area contributed by atoms with Gasteiger partial charge in [-0.3, -0.25) is 0 Å². The van der Waals surface area contributed by atoms with E-state index in [-0.39, 0.29) is 0 Å². The highest BCUT2D eigenvalue weighted by Gasteiger charge is 2.22. The number of thioether (sulfide) groups is 1. The highest BCUT2D eigenvalue weighted by atomic mass is 32.2. The molecule has 1 aromatic heterocycles. The topological polar surface area (TPSA) is 76.3 Å². The number of rotatable bonds is 6. The molecule has 0 saturated carbocycles. The number of nitrogen functional groups attached to an aromatic ring is 1. The average Bonchev–Trinajstić information content (AvgIpc) is 2.52. The number of nitrogens with one attached hydrogen (secondary N) is 1. The summed E-state index contributed by atoms with van der Waals surface area (Å²) in [5, 5.41) is 0.729. The van der Waals surface area contributed by atoms with Gasteiger partial charge in [0.2, 0.25) is 0 Å². The lowest BCUT2D eigenvalue weighted by atomic mass is 10.1. The number of ether oxygens (including phenoxy) is 1. The summed E-state index contributed by atoms with van der Waals surface area (Å²) in [6, 6.07) is 1.89. The molecular weight excluding hydrogens is 274 g/mol. The minimum atomic E-state index is 0.297. The van der Waals surface area contributed by atoms with E-state index in [2.05, 4.69) is 27.2 Å². The van der Waals surface area contributed by atoms with Crippen LogP contribution in [0.2, 0.25) is 0 Å². The van der Waals surface area contributed by atoms with Crippen molar-refractivity contribution in [3.63, 3.8) is 0 Å². The average molecular weight is 297 g/mol. The molecule has 1 aliphatic rings. The van der Waals surface area contributed by atoms with E-state index in [0.717, 1.165) is 49.9 Å². The molecule has 0 aromatic carbocycles. The van der Waals surface area contributed by atoms with E-state index in [9.17, 15) is 0 Å². The number of aromatic nitrogens is 2. The summed E-state index contributed by atoms with van der Waals surface area (Å²) in [5.74, 6) is 7.04. The first-order valence-electron chi connectivity index (χ1n) is 7.03. The molecule has 0 bridgehead atoms. The molecule has 0 aliphatic carbocycles. The first-order chi connectivity index (χ1) is 9.76. The predicted molar refractivity (Wildman–Crippen MR) is 83.1 cm³/mol. The molecule has 1 saturated heterocycles. The van der Waals surface area contributed by atoms with E-state index < -0.39 is 0 Å². The van der Waals surface area contributed by atoms with Crippen LogP contribution in [0.25, 0.3) is 0 Å². The minimum Gasteiger partial charge on any atom is -0.376 e. The molecule has 6 nitrogen and oxygen atoms in total. The number of hydrogen-bond donors (Lipinski definition) is 2. The maximum atomic E-state index is 5.87. The van der Waals surface area contributed by atoms with Crippen LogP contribution in [0.1, 0.15) is 26.2 Å². The zero-order valence-electron chi connectivity index (χ0n) is 12.1. The van der Waals surface area contributed by atoms with Gasteiger partial charge in [-0.15, -0.1) is 0 Å². The molecule has 1 atom stereocenters. The van der Waals surface area contributed by atoms with Crippen molar-refractivity contribution < 1.29 is 4.74 Å². The lowest BCUT2D eigenvalue weighted by Gasteiger charge is -2.33. The first kappa shape index (κ1) is 15.3. The van der Waals surface area contributed by atoms with Gasteiger partial charge >= 0.3 is 0 Å². The normalized spacial score (nSPS) is 19.1. The lowest BCUT2D eigenvalue weighted by Crippen LogP contribution is -2.40. The third-order valence-electron chi connectivity index (χ3n) is 3.28. The third-order valence-corrected chi connectivity index (χ3v) is 3.83. The van der Waals surface area contributed by atoms with Crippen molar-refractivity contribution in [2.24, 2.45) is 5.84 Å². The summed E-state index contributed by atoms with van der Waals surface area (Å²) in [6.45, 7) is 4.85. The number of hydrazine groups is 1. The fraction of sp³-hybridized carbons (Fsp3) is 0.692. The van der Waals surface area contributed by atoms with Gasteiger partial charge in [0.05, 0.1) is 6.10 Å². The molecule has 1 aromatic rings. The lowest BCUT2D eigenvalue weighted by molar-refractivity contribution is 0.0439. The predicted octanol–water partition coefficient (Wildman–Crippen LogP) is 1.88. The van der Waals surface area contributed by atoms with E-state index in [1.165, 1.54) is 11.8 Å². The van der Waals surface area contributed by atoms with Crippen molar-refractivity contribution in [2.45, 2.75) is 37.4 Å². The Balaban J connectivity index is 2.09. The summed E-state index contributed by atoms with van der Waals surface area (Å²) in [7, 11) is 0. The minimum absolute atomic E-state index is 0.297. The maximum absolute atomic E-state index is 5.87. The van der Waals surface area contributed by atoms with E-state index in [1.54, 1.807) is 0 Å². The number of nitrogens with zero attached hydrogens (tertiary/aromatic N) is 3. The fourth-order valence-electron chi connectivity index (χ4n) is 2.31. The quantitative estimate of drug-likeness (QED) is 0.359. The maximum Gasteiger partial charge on any atom is 0.191 e. The van der Waals surface area contributed by atoms with Crippen molar-refractivity contribution in [1.82, 2.24) is 9.97 Å². The summed E-state index contributed by atoms with van der Waals surface area (Å²) >= 11 is 1.52. The molecule has 1 fully saturated rings. The van der Waals surface area contributed by atoms with Crippen molar-refractivity contribution in [1.29, 1.82) is 0 Å². The Morgan fingerprint density at radius 3 is 3.10 bits per heavy atom. The van der Waals surface area contributed by atoms with Crippen LogP contribution >= 0.6 is 11.8 Å². The molecule has 2 heterocycles. The molecule has 7 heteroatoms. The van der Waals surface area contributed by atoms with E-state index in [0.29, 0.717) is 11.9 Å². The molecule has 0 spiro atoms. The molecule has 1 aliphatic heterocycles. The summed E-state index contributed by atoms with van der Waals surface area (Å²) in [4.78, 5) is 11.1. The Kier molecular flexibility index (Phi) is 5.87. The number of hydrogen-bond acceptors (Lipinski definition) is 7. The van der Waals surface area contributed by atoms with Crippen LogP contribution in [0.15, 0.2) is 11.2 Å². The molecular formula is C13H23N5OS. The van der Waals surface area contributed by atoms with Gasteiger partial charge in [0.25, 0.3) is 0 Å². The Morgan fingerprint density at radius 2 is 2.40 bits per heavy atom. The van der Waals surface area contributed by atoms with Crippen LogP contribution in [0, 0.1) is 0 Å². The van der Waals surface area contributed by atoms with Crippen LogP contribution < -0.4 is 16.2 Å². The van der Waals surface area contributed by atoms with Gasteiger partial charge in [-0.2, -0.15) is 0 Å². The largest absolute Gasteiger partial charge is 0.376 e. The van der Waals surface area contributed by atoms with Crippen molar-refractivity contribution in [3.8, 4) is 0 Å². The third kappa shape index (κ3) is 3.97. The van der Waals surface area contributed by atoms with Gasteiger partial charge in [0.1, 0.15) is 11.6 Å². The fourth-order valence-corrected chi connectivity index (χ4v) is 2.68. The second-order valence-electron chi connectivity index (χ2n) is 4.82. The summed E-state index contributed by atoms with van der Waals surface area (Å²) < 4.78 is 5.87. The molecule has 0 amide bonds. The zero-order chi connectivity index (χ0) is 14.4. The Hall–Kier alpha value is -1.05. The van der Waals surface area contributed by atoms with Gasteiger partial charge in [-0.25, -0.2) is 15.8 Å². The van der Waals surface area contributed by atoms with Gasteiger partial charge in [0.15, 0.2) is 5.16 Å². The first-order valence-corrected chi connectivity index (χ1v) is 8.25. The monoisotopic (exact) mass is 297 g/mol. The Morgan fingerprint density at radius 1 is 1.55 bits per heavy atom. The van der Waals surface area contributed by atoms with Crippen LogP contribution in [0.5, 0.6) is 0 Å². The van der Waals surface area contributed by atoms with E-state index in [4.69, 9.17) is 10.6 Å². The summed E-state index contributed by atoms with van der Waals surface area (Å²) in [5.41, 5.74) is 2.60. The molecule has 20 heavy (non-hydrogen) atoms. The Bertz CT molecular complexity index is 409. The number of piperidine rings is 1. The van der Waals surface area contributed by atoms with Gasteiger partial charge in [0, 0.05) is 25.8 Å². The van der Waals surface area contributed by atoms with E-state index >= 15 is 0 Å². The highest BCUT2D eigenvalue weighted by molar-refractivity contribution is 7.98. The number of nitrogens with two attached hydrogens (primary N) is 1. The zero-order valence-corrected chi connectivity index (χ0v) is 12.9.